The number of aliphatic carboxylic acids is 1. The molecule has 2 rings (SSSR count). The lowest BCUT2D eigenvalue weighted by Crippen LogP contribution is -2.28. The van der Waals surface area contributed by atoms with E-state index in [1.165, 1.54) is 0 Å². The van der Waals surface area contributed by atoms with E-state index in [-0.39, 0.29) is 25.2 Å². The molecule has 4 nitrogen and oxygen atoms in total. The number of halogens is 2. The van der Waals surface area contributed by atoms with Crippen LogP contribution in [0.25, 0.3) is 0 Å². The average Bonchev–Trinajstić information content (AvgIpc) is 2.67. The van der Waals surface area contributed by atoms with E-state index in [9.17, 15) is 4.79 Å². The lowest BCUT2D eigenvalue weighted by Gasteiger charge is -2.25. The van der Waals surface area contributed by atoms with Crippen LogP contribution < -0.4 is 0 Å². The predicted octanol–water partition coefficient (Wildman–Crippen LogP) is 3.75. The van der Waals surface area contributed by atoms with Crippen LogP contribution in [-0.4, -0.2) is 37.0 Å². The van der Waals surface area contributed by atoms with Crippen molar-refractivity contribution in [1.29, 1.82) is 0 Å². The number of hydrogen-bond donors (Lipinski definition) is 1. The van der Waals surface area contributed by atoms with Crippen LogP contribution in [0.5, 0.6) is 0 Å². The van der Waals surface area contributed by atoms with Gasteiger partial charge < -0.3 is 14.6 Å². The van der Waals surface area contributed by atoms with Crippen molar-refractivity contribution in [2.45, 2.75) is 31.3 Å². The molecule has 1 saturated heterocycles. The third kappa shape index (κ3) is 4.85. The Morgan fingerprint density at radius 1 is 1.33 bits per heavy atom. The molecule has 0 saturated carbocycles. The molecule has 0 radical (unpaired) electrons. The van der Waals surface area contributed by atoms with Crippen LogP contribution in [0.2, 0.25) is 10.0 Å². The Morgan fingerprint density at radius 2 is 2.14 bits per heavy atom. The zero-order valence-electron chi connectivity index (χ0n) is 11.6. The Kier molecular flexibility index (Phi) is 6.30. The Bertz CT molecular complexity index is 493. The van der Waals surface area contributed by atoms with Crippen LogP contribution in [0, 0.1) is 0 Å². The minimum absolute atomic E-state index is 0.135. The first kappa shape index (κ1) is 16.6. The van der Waals surface area contributed by atoms with Crippen LogP contribution in [-0.2, 0) is 14.3 Å². The number of ether oxygens (including phenoxy) is 2. The zero-order valence-corrected chi connectivity index (χ0v) is 13.1. The van der Waals surface area contributed by atoms with E-state index in [2.05, 4.69) is 0 Å². The van der Waals surface area contributed by atoms with Gasteiger partial charge in [0.25, 0.3) is 0 Å². The number of carboxylic acid groups (broad SMARTS) is 1. The maximum Gasteiger partial charge on any atom is 0.329 e. The third-order valence-corrected chi connectivity index (χ3v) is 4.31. The molecule has 0 bridgehead atoms. The van der Waals surface area contributed by atoms with Gasteiger partial charge in [-0.1, -0.05) is 35.7 Å². The molecule has 116 valence electrons. The zero-order chi connectivity index (χ0) is 15.2. The number of hydrogen-bond acceptors (Lipinski definition) is 3. The van der Waals surface area contributed by atoms with Crippen LogP contribution in [0.3, 0.4) is 0 Å². The molecule has 1 N–H and O–H groups in total. The first-order chi connectivity index (χ1) is 10.1. The van der Waals surface area contributed by atoms with Crippen LogP contribution in [0.1, 0.15) is 30.7 Å². The Labute approximate surface area is 133 Å². The van der Waals surface area contributed by atoms with E-state index in [0.717, 1.165) is 24.8 Å². The van der Waals surface area contributed by atoms with Crippen molar-refractivity contribution >= 4 is 29.2 Å². The summed E-state index contributed by atoms with van der Waals surface area (Å²) in [7, 11) is 0. The number of benzene rings is 1. The lowest BCUT2D eigenvalue weighted by molar-refractivity contribution is -0.143. The van der Waals surface area contributed by atoms with Gasteiger partial charge in [-0.15, -0.1) is 0 Å². The van der Waals surface area contributed by atoms with Gasteiger partial charge in [-0.05, 0) is 30.5 Å². The summed E-state index contributed by atoms with van der Waals surface area (Å²) in [5.41, 5.74) is 1.05. The molecule has 1 aromatic rings. The Morgan fingerprint density at radius 3 is 2.86 bits per heavy atom. The van der Waals surface area contributed by atoms with E-state index in [0.29, 0.717) is 16.7 Å². The molecular formula is C15H18Cl2O4. The highest BCUT2D eigenvalue weighted by molar-refractivity contribution is 6.42. The highest BCUT2D eigenvalue weighted by Crippen LogP contribution is 2.34. The van der Waals surface area contributed by atoms with Crippen molar-refractivity contribution in [3.05, 3.63) is 33.8 Å². The van der Waals surface area contributed by atoms with Gasteiger partial charge in [0, 0.05) is 12.5 Å². The van der Waals surface area contributed by atoms with Crippen LogP contribution >= 0.6 is 23.2 Å². The quantitative estimate of drug-likeness (QED) is 0.892. The molecular weight excluding hydrogens is 315 g/mol. The van der Waals surface area contributed by atoms with Gasteiger partial charge in [0.1, 0.15) is 6.61 Å². The largest absolute Gasteiger partial charge is 0.480 e. The van der Waals surface area contributed by atoms with E-state index in [1.807, 2.05) is 12.1 Å². The number of carbonyl (C=O) groups is 1. The smallest absolute Gasteiger partial charge is 0.329 e. The molecule has 0 aliphatic carbocycles. The maximum absolute atomic E-state index is 10.5. The molecule has 1 unspecified atom stereocenters. The summed E-state index contributed by atoms with van der Waals surface area (Å²) in [5, 5.41) is 9.69. The predicted molar refractivity (Wildman–Crippen MR) is 81.2 cm³/mol. The average molecular weight is 333 g/mol. The molecule has 6 heteroatoms. The Balaban J connectivity index is 2.10. The van der Waals surface area contributed by atoms with E-state index in [1.54, 1.807) is 6.07 Å². The molecule has 0 aromatic heterocycles. The summed E-state index contributed by atoms with van der Waals surface area (Å²) >= 11 is 12.0. The van der Waals surface area contributed by atoms with Gasteiger partial charge in [0.15, 0.2) is 0 Å². The van der Waals surface area contributed by atoms with Gasteiger partial charge >= 0.3 is 5.97 Å². The minimum Gasteiger partial charge on any atom is -0.480 e. The van der Waals surface area contributed by atoms with Crippen molar-refractivity contribution in [2.24, 2.45) is 0 Å². The molecule has 1 heterocycles. The van der Waals surface area contributed by atoms with Crippen LogP contribution in [0.4, 0.5) is 0 Å². The summed E-state index contributed by atoms with van der Waals surface area (Å²) in [4.78, 5) is 10.5. The van der Waals surface area contributed by atoms with Crippen molar-refractivity contribution in [3.63, 3.8) is 0 Å². The second-order valence-electron chi connectivity index (χ2n) is 5.09. The normalized spacial score (nSPS) is 22.8. The van der Waals surface area contributed by atoms with Gasteiger partial charge in [0.05, 0.1) is 22.8 Å². The van der Waals surface area contributed by atoms with Crippen molar-refractivity contribution in [3.8, 4) is 0 Å². The highest BCUT2D eigenvalue weighted by Gasteiger charge is 2.27. The second kappa shape index (κ2) is 7.99. The monoisotopic (exact) mass is 332 g/mol. The molecule has 21 heavy (non-hydrogen) atoms. The fourth-order valence-corrected chi connectivity index (χ4v) is 2.86. The van der Waals surface area contributed by atoms with Gasteiger partial charge in [-0.3, -0.25) is 0 Å². The molecule has 2 atom stereocenters. The van der Waals surface area contributed by atoms with E-state index >= 15 is 0 Å². The van der Waals surface area contributed by atoms with Crippen molar-refractivity contribution in [1.82, 2.24) is 0 Å². The Hall–Kier alpha value is -0.810. The summed E-state index contributed by atoms with van der Waals surface area (Å²) < 4.78 is 11.0. The molecule has 1 fully saturated rings. The lowest BCUT2D eigenvalue weighted by atomic mass is 9.89. The fourth-order valence-electron chi connectivity index (χ4n) is 2.55. The van der Waals surface area contributed by atoms with E-state index in [4.69, 9.17) is 37.8 Å². The van der Waals surface area contributed by atoms with Crippen molar-refractivity contribution < 1.29 is 19.4 Å². The summed E-state index contributed by atoms with van der Waals surface area (Å²) in [6, 6.07) is 5.57. The summed E-state index contributed by atoms with van der Waals surface area (Å²) in [6.45, 7) is 0.615. The SMILES string of the molecule is O=C(O)COC[C@H]1OCCCCC1c1ccc(Cl)c(Cl)c1. The third-order valence-electron chi connectivity index (χ3n) is 3.57. The van der Waals surface area contributed by atoms with Gasteiger partial charge in [0.2, 0.25) is 0 Å². The standard InChI is InChI=1S/C15H18Cl2O4/c16-12-5-4-10(7-13(12)17)11-3-1-2-6-21-14(11)8-20-9-15(18)19/h4-5,7,11,14H,1-3,6,8-9H2,(H,18,19)/t11?,14-/m1/s1. The summed E-state index contributed by atoms with van der Waals surface area (Å²) in [5.74, 6) is -0.842. The number of carboxylic acids is 1. The molecule has 1 aliphatic heterocycles. The highest BCUT2D eigenvalue weighted by atomic mass is 35.5. The van der Waals surface area contributed by atoms with Gasteiger partial charge in [-0.2, -0.15) is 0 Å². The van der Waals surface area contributed by atoms with Crippen molar-refractivity contribution in [2.75, 3.05) is 19.8 Å². The molecule has 1 aliphatic rings. The first-order valence-corrected chi connectivity index (χ1v) is 7.69. The second-order valence-corrected chi connectivity index (χ2v) is 5.91. The fraction of sp³-hybridized carbons (Fsp3) is 0.533. The maximum atomic E-state index is 10.5. The molecule has 1 aromatic carbocycles. The topological polar surface area (TPSA) is 55.8 Å². The minimum atomic E-state index is -0.977. The number of rotatable bonds is 5. The molecule has 0 amide bonds. The van der Waals surface area contributed by atoms with Crippen LogP contribution in [0.15, 0.2) is 18.2 Å². The summed E-state index contributed by atoms with van der Waals surface area (Å²) in [6.07, 6.45) is 2.84. The molecule has 0 spiro atoms. The van der Waals surface area contributed by atoms with E-state index < -0.39 is 5.97 Å². The van der Waals surface area contributed by atoms with Gasteiger partial charge in [-0.25, -0.2) is 4.79 Å². The first-order valence-electron chi connectivity index (χ1n) is 6.94.